The van der Waals surface area contributed by atoms with Gasteiger partial charge in [-0.2, -0.15) is 11.8 Å². The van der Waals surface area contributed by atoms with Crippen LogP contribution in [0.3, 0.4) is 0 Å². The van der Waals surface area contributed by atoms with Crippen LogP contribution in [-0.4, -0.2) is 16.1 Å². The average Bonchev–Trinajstić information content (AvgIpc) is 2.26. The van der Waals surface area contributed by atoms with Crippen molar-refractivity contribution in [3.05, 3.63) is 35.1 Å². The Labute approximate surface area is 100 Å². The third-order valence-corrected chi connectivity index (χ3v) is 4.81. The first-order chi connectivity index (χ1) is 7.54. The second-order valence-electron chi connectivity index (χ2n) is 4.50. The molecule has 2 rings (SSSR count). The Balaban J connectivity index is 2.37. The zero-order valence-corrected chi connectivity index (χ0v) is 10.5. The molecule has 1 aromatic rings. The Bertz CT molecular complexity index is 394. The number of rotatable bonds is 1. The number of hydrogen-bond donors (Lipinski definition) is 1. The Morgan fingerprint density at radius 2 is 2.25 bits per heavy atom. The highest BCUT2D eigenvalue weighted by atomic mass is 32.2. The molecule has 1 aromatic carbocycles. The summed E-state index contributed by atoms with van der Waals surface area (Å²) in [6.45, 7) is 3.78. The van der Waals surface area contributed by atoms with Crippen molar-refractivity contribution in [3.8, 4) is 0 Å². The first-order valence-electron chi connectivity index (χ1n) is 5.64. The molecule has 0 saturated carbocycles. The van der Waals surface area contributed by atoms with Crippen LogP contribution in [0.1, 0.15) is 30.9 Å². The highest BCUT2D eigenvalue weighted by Crippen LogP contribution is 2.41. The molecule has 1 saturated heterocycles. The largest absolute Gasteiger partial charge is 0.384 e. The van der Waals surface area contributed by atoms with E-state index in [9.17, 15) is 9.50 Å². The molecule has 0 radical (unpaired) electrons. The van der Waals surface area contributed by atoms with Crippen LogP contribution in [0.4, 0.5) is 4.39 Å². The fourth-order valence-electron chi connectivity index (χ4n) is 2.24. The predicted octanol–water partition coefficient (Wildman–Crippen LogP) is 3.24. The quantitative estimate of drug-likeness (QED) is 0.813. The predicted molar refractivity (Wildman–Crippen MR) is 66.2 cm³/mol. The number of aryl methyl sites for hydroxylation is 1. The molecular weight excluding hydrogens is 223 g/mol. The molecule has 2 unspecified atom stereocenters. The summed E-state index contributed by atoms with van der Waals surface area (Å²) in [6, 6.07) is 4.94. The standard InChI is InChI=1S/C13H17FOS/c1-9-8-11(4-5-12(9)14)13(15)6-3-7-16-10(13)2/h4-5,8,10,15H,3,6-7H2,1-2H3. The van der Waals surface area contributed by atoms with Crippen LogP contribution in [0.25, 0.3) is 0 Å². The Morgan fingerprint density at radius 3 is 2.88 bits per heavy atom. The van der Waals surface area contributed by atoms with Gasteiger partial charge in [-0.3, -0.25) is 0 Å². The summed E-state index contributed by atoms with van der Waals surface area (Å²) in [5, 5.41) is 10.9. The topological polar surface area (TPSA) is 20.2 Å². The van der Waals surface area contributed by atoms with E-state index >= 15 is 0 Å². The molecule has 16 heavy (non-hydrogen) atoms. The van der Waals surface area contributed by atoms with Crippen LogP contribution in [0.15, 0.2) is 18.2 Å². The van der Waals surface area contributed by atoms with Crippen LogP contribution < -0.4 is 0 Å². The summed E-state index contributed by atoms with van der Waals surface area (Å²) in [6.07, 6.45) is 1.79. The Hall–Kier alpha value is -0.540. The van der Waals surface area contributed by atoms with E-state index in [1.165, 1.54) is 6.07 Å². The van der Waals surface area contributed by atoms with Gasteiger partial charge in [-0.25, -0.2) is 4.39 Å². The number of hydrogen-bond acceptors (Lipinski definition) is 2. The van der Waals surface area contributed by atoms with E-state index < -0.39 is 5.60 Å². The minimum absolute atomic E-state index is 0.172. The second kappa shape index (κ2) is 4.38. The molecule has 1 aliphatic rings. The summed E-state index contributed by atoms with van der Waals surface area (Å²) in [4.78, 5) is 0. The fraction of sp³-hybridized carbons (Fsp3) is 0.538. The lowest BCUT2D eigenvalue weighted by Gasteiger charge is -2.38. The summed E-state index contributed by atoms with van der Waals surface area (Å²) < 4.78 is 13.2. The molecule has 1 N–H and O–H groups in total. The van der Waals surface area contributed by atoms with Crippen molar-refractivity contribution in [3.63, 3.8) is 0 Å². The van der Waals surface area contributed by atoms with Gasteiger partial charge in [0.05, 0.1) is 0 Å². The lowest BCUT2D eigenvalue weighted by molar-refractivity contribution is 0.0253. The number of aliphatic hydroxyl groups is 1. The van der Waals surface area contributed by atoms with Crippen molar-refractivity contribution in [1.29, 1.82) is 0 Å². The molecular formula is C13H17FOS. The van der Waals surface area contributed by atoms with Crippen molar-refractivity contribution in [2.75, 3.05) is 5.75 Å². The van der Waals surface area contributed by atoms with Crippen molar-refractivity contribution in [1.82, 2.24) is 0 Å². The van der Waals surface area contributed by atoms with E-state index in [-0.39, 0.29) is 11.1 Å². The summed E-state index contributed by atoms with van der Waals surface area (Å²) in [7, 11) is 0. The Morgan fingerprint density at radius 1 is 1.50 bits per heavy atom. The second-order valence-corrected chi connectivity index (χ2v) is 5.95. The van der Waals surface area contributed by atoms with Crippen molar-refractivity contribution >= 4 is 11.8 Å². The van der Waals surface area contributed by atoms with Gasteiger partial charge in [0, 0.05) is 5.25 Å². The smallest absolute Gasteiger partial charge is 0.126 e. The number of thioether (sulfide) groups is 1. The molecule has 0 aromatic heterocycles. The summed E-state index contributed by atoms with van der Waals surface area (Å²) >= 11 is 1.79. The lowest BCUT2D eigenvalue weighted by atomic mass is 9.85. The molecule has 0 spiro atoms. The maximum atomic E-state index is 13.2. The summed E-state index contributed by atoms with van der Waals surface area (Å²) in [5.41, 5.74) is 0.668. The highest BCUT2D eigenvalue weighted by Gasteiger charge is 2.38. The van der Waals surface area contributed by atoms with Gasteiger partial charge in [-0.05, 0) is 42.7 Å². The van der Waals surface area contributed by atoms with Gasteiger partial charge in [-0.1, -0.05) is 19.1 Å². The molecule has 0 amide bonds. The highest BCUT2D eigenvalue weighted by molar-refractivity contribution is 8.00. The maximum Gasteiger partial charge on any atom is 0.126 e. The van der Waals surface area contributed by atoms with E-state index in [2.05, 4.69) is 0 Å². The van der Waals surface area contributed by atoms with Gasteiger partial charge >= 0.3 is 0 Å². The SMILES string of the molecule is Cc1cc(C2(O)CCCSC2C)ccc1F. The molecule has 1 aliphatic heterocycles. The van der Waals surface area contributed by atoms with Crippen LogP contribution in [0.2, 0.25) is 0 Å². The maximum absolute atomic E-state index is 13.2. The molecule has 0 aliphatic carbocycles. The normalized spacial score (nSPS) is 30.4. The van der Waals surface area contributed by atoms with E-state index in [1.54, 1.807) is 30.8 Å². The van der Waals surface area contributed by atoms with E-state index in [0.29, 0.717) is 5.56 Å². The molecule has 2 atom stereocenters. The van der Waals surface area contributed by atoms with Gasteiger partial charge in [0.1, 0.15) is 11.4 Å². The molecule has 1 fully saturated rings. The zero-order chi connectivity index (χ0) is 11.8. The number of halogens is 1. The molecule has 1 nitrogen and oxygen atoms in total. The average molecular weight is 240 g/mol. The first-order valence-corrected chi connectivity index (χ1v) is 6.69. The van der Waals surface area contributed by atoms with Gasteiger partial charge in [0.15, 0.2) is 0 Å². The van der Waals surface area contributed by atoms with E-state index in [1.807, 2.05) is 6.92 Å². The van der Waals surface area contributed by atoms with Crippen molar-refractivity contribution in [2.24, 2.45) is 0 Å². The molecule has 3 heteroatoms. The van der Waals surface area contributed by atoms with Gasteiger partial charge in [0.2, 0.25) is 0 Å². The Kier molecular flexibility index (Phi) is 3.27. The molecule has 0 bridgehead atoms. The molecule has 88 valence electrons. The fourth-order valence-corrected chi connectivity index (χ4v) is 3.43. The minimum atomic E-state index is -0.790. The van der Waals surface area contributed by atoms with E-state index in [0.717, 1.165) is 24.2 Å². The third-order valence-electron chi connectivity index (χ3n) is 3.40. The minimum Gasteiger partial charge on any atom is -0.384 e. The van der Waals surface area contributed by atoms with Gasteiger partial charge < -0.3 is 5.11 Å². The molecule has 1 heterocycles. The van der Waals surface area contributed by atoms with Crippen LogP contribution >= 0.6 is 11.8 Å². The zero-order valence-electron chi connectivity index (χ0n) is 9.66. The van der Waals surface area contributed by atoms with Crippen molar-refractivity contribution in [2.45, 2.75) is 37.5 Å². The van der Waals surface area contributed by atoms with Crippen LogP contribution in [-0.2, 0) is 5.60 Å². The van der Waals surface area contributed by atoms with Gasteiger partial charge in [-0.15, -0.1) is 0 Å². The number of benzene rings is 1. The third kappa shape index (κ3) is 1.98. The monoisotopic (exact) mass is 240 g/mol. The van der Waals surface area contributed by atoms with Crippen LogP contribution in [0.5, 0.6) is 0 Å². The lowest BCUT2D eigenvalue weighted by Crippen LogP contribution is -2.38. The van der Waals surface area contributed by atoms with Gasteiger partial charge in [0.25, 0.3) is 0 Å². The first kappa shape index (κ1) is 11.9. The summed E-state index contributed by atoms with van der Waals surface area (Å²) in [5.74, 6) is 0.896. The van der Waals surface area contributed by atoms with E-state index in [4.69, 9.17) is 0 Å². The van der Waals surface area contributed by atoms with Crippen molar-refractivity contribution < 1.29 is 9.50 Å². The van der Waals surface area contributed by atoms with Crippen LogP contribution in [0, 0.1) is 12.7 Å².